The predicted molar refractivity (Wildman–Crippen MR) is 80.0 cm³/mol. The first-order valence-corrected chi connectivity index (χ1v) is 7.21. The average Bonchev–Trinajstić information content (AvgIpc) is 2.73. The quantitative estimate of drug-likeness (QED) is 0.756. The molecule has 112 valence electrons. The minimum atomic E-state index is -0.465. The molecule has 0 bridgehead atoms. The first-order valence-electron chi connectivity index (χ1n) is 6.77. The van der Waals surface area contributed by atoms with E-state index in [1.807, 2.05) is 38.8 Å². The predicted octanol–water partition coefficient (Wildman–Crippen LogP) is 2.92. The van der Waals surface area contributed by atoms with Gasteiger partial charge >= 0.3 is 6.09 Å². The van der Waals surface area contributed by atoms with Gasteiger partial charge in [-0.3, -0.25) is 0 Å². The van der Waals surface area contributed by atoms with Crippen LogP contribution in [-0.2, 0) is 9.47 Å². The van der Waals surface area contributed by atoms with Crippen LogP contribution in [0.1, 0.15) is 34.1 Å². The number of hydrogen-bond acceptors (Lipinski definition) is 5. The summed E-state index contributed by atoms with van der Waals surface area (Å²) in [4.78, 5) is 15.9. The Morgan fingerprint density at radius 2 is 2.20 bits per heavy atom. The maximum atomic E-state index is 12.1. The van der Waals surface area contributed by atoms with E-state index in [2.05, 4.69) is 18.7 Å². The van der Waals surface area contributed by atoms with Crippen LogP contribution in [0.4, 0.5) is 4.79 Å². The molecule has 2 heterocycles. The number of thiol groups is 1. The Balaban J connectivity index is 2.01. The fraction of sp³-hybridized carbons (Fsp3) is 0.643. The molecule has 1 atom stereocenters. The standard InChI is InChI=1S/C14H22N2O3S/c1-10-7-11(15-8-12(20)18-9-15)5-6-16(10)13(17)19-14(2,3)4/h7-8,10,20H,5-6,9H2,1-4H3/t10-/m1/s1. The van der Waals surface area contributed by atoms with Crippen LogP contribution in [0.3, 0.4) is 0 Å². The van der Waals surface area contributed by atoms with Crippen molar-refractivity contribution in [2.75, 3.05) is 13.3 Å². The molecule has 6 heteroatoms. The summed E-state index contributed by atoms with van der Waals surface area (Å²) in [5.41, 5.74) is 0.689. The van der Waals surface area contributed by atoms with Gasteiger partial charge in [-0.05, 0) is 33.8 Å². The largest absolute Gasteiger partial charge is 0.465 e. The number of hydrogen-bond donors (Lipinski definition) is 1. The summed E-state index contributed by atoms with van der Waals surface area (Å²) in [5.74, 6) is 0. The number of carbonyl (C=O) groups is 1. The highest BCUT2D eigenvalue weighted by Crippen LogP contribution is 2.26. The van der Waals surface area contributed by atoms with Gasteiger partial charge in [0.05, 0.1) is 12.2 Å². The van der Waals surface area contributed by atoms with Gasteiger partial charge in [-0.2, -0.15) is 0 Å². The van der Waals surface area contributed by atoms with Crippen molar-refractivity contribution in [2.45, 2.75) is 45.8 Å². The molecule has 2 rings (SSSR count). The van der Waals surface area contributed by atoms with Gasteiger partial charge in [0, 0.05) is 18.7 Å². The van der Waals surface area contributed by atoms with Crippen molar-refractivity contribution < 1.29 is 14.3 Å². The van der Waals surface area contributed by atoms with E-state index in [9.17, 15) is 4.79 Å². The summed E-state index contributed by atoms with van der Waals surface area (Å²) in [5, 5.41) is 0.619. The van der Waals surface area contributed by atoms with Gasteiger partial charge in [-0.1, -0.05) is 0 Å². The molecule has 2 aliphatic rings. The van der Waals surface area contributed by atoms with Crippen LogP contribution in [0.2, 0.25) is 0 Å². The van der Waals surface area contributed by atoms with E-state index in [4.69, 9.17) is 9.47 Å². The van der Waals surface area contributed by atoms with Gasteiger partial charge < -0.3 is 19.3 Å². The molecule has 5 nitrogen and oxygen atoms in total. The van der Waals surface area contributed by atoms with Crippen molar-refractivity contribution in [3.63, 3.8) is 0 Å². The van der Waals surface area contributed by atoms with Gasteiger partial charge in [-0.25, -0.2) is 4.79 Å². The molecule has 0 spiro atoms. The maximum absolute atomic E-state index is 12.1. The number of nitrogens with zero attached hydrogens (tertiary/aromatic N) is 2. The highest BCUT2D eigenvalue weighted by atomic mass is 32.1. The van der Waals surface area contributed by atoms with E-state index < -0.39 is 5.60 Å². The molecule has 0 aliphatic carbocycles. The van der Waals surface area contributed by atoms with Crippen LogP contribution in [-0.4, -0.2) is 40.8 Å². The molecule has 1 amide bonds. The molecule has 20 heavy (non-hydrogen) atoms. The van der Waals surface area contributed by atoms with Crippen LogP contribution in [0, 0.1) is 0 Å². The second-order valence-electron chi connectivity index (χ2n) is 6.03. The van der Waals surface area contributed by atoms with Crippen LogP contribution < -0.4 is 0 Å². The highest BCUT2D eigenvalue weighted by Gasteiger charge is 2.29. The van der Waals surface area contributed by atoms with Gasteiger partial charge in [0.25, 0.3) is 0 Å². The van der Waals surface area contributed by atoms with E-state index in [0.29, 0.717) is 18.4 Å². The van der Waals surface area contributed by atoms with Crippen molar-refractivity contribution in [1.29, 1.82) is 0 Å². The lowest BCUT2D eigenvalue weighted by molar-refractivity contribution is 0.0194. The second kappa shape index (κ2) is 5.60. The Bertz CT molecular complexity index is 454. The zero-order valence-electron chi connectivity index (χ0n) is 12.4. The summed E-state index contributed by atoms with van der Waals surface area (Å²) in [6.45, 7) is 8.76. The van der Waals surface area contributed by atoms with Crippen molar-refractivity contribution in [2.24, 2.45) is 0 Å². The van der Waals surface area contributed by atoms with Crippen molar-refractivity contribution in [1.82, 2.24) is 9.80 Å². The van der Waals surface area contributed by atoms with Crippen molar-refractivity contribution in [3.8, 4) is 0 Å². The third-order valence-corrected chi connectivity index (χ3v) is 3.39. The Morgan fingerprint density at radius 1 is 1.50 bits per heavy atom. The van der Waals surface area contributed by atoms with Gasteiger partial charge in [0.2, 0.25) is 0 Å². The molecular formula is C14H22N2O3S. The smallest absolute Gasteiger partial charge is 0.410 e. The van der Waals surface area contributed by atoms with E-state index in [-0.39, 0.29) is 12.1 Å². The molecule has 0 saturated heterocycles. The first kappa shape index (κ1) is 15.1. The van der Waals surface area contributed by atoms with Crippen LogP contribution >= 0.6 is 12.6 Å². The normalized spacial score (nSPS) is 23.1. The molecule has 0 aromatic carbocycles. The molecule has 0 radical (unpaired) electrons. The lowest BCUT2D eigenvalue weighted by Gasteiger charge is -2.35. The minimum absolute atomic E-state index is 0.00553. The minimum Gasteiger partial charge on any atom is -0.465 e. The third-order valence-electron chi connectivity index (χ3n) is 3.15. The van der Waals surface area contributed by atoms with Gasteiger partial charge in [0.15, 0.2) is 11.8 Å². The summed E-state index contributed by atoms with van der Waals surface area (Å²) in [6.07, 6.45) is 4.46. The average molecular weight is 298 g/mol. The number of ether oxygens (including phenoxy) is 2. The molecule has 0 unspecified atom stereocenters. The third kappa shape index (κ3) is 3.62. The molecule has 2 aliphatic heterocycles. The zero-order valence-corrected chi connectivity index (χ0v) is 13.3. The van der Waals surface area contributed by atoms with Crippen molar-refractivity contribution >= 4 is 18.7 Å². The van der Waals surface area contributed by atoms with Crippen molar-refractivity contribution in [3.05, 3.63) is 23.1 Å². The van der Waals surface area contributed by atoms with E-state index in [0.717, 1.165) is 12.1 Å². The monoisotopic (exact) mass is 298 g/mol. The van der Waals surface area contributed by atoms with Gasteiger partial charge in [-0.15, -0.1) is 12.6 Å². The Kier molecular flexibility index (Phi) is 4.22. The van der Waals surface area contributed by atoms with Crippen LogP contribution in [0.25, 0.3) is 0 Å². The maximum Gasteiger partial charge on any atom is 0.410 e. The van der Waals surface area contributed by atoms with Gasteiger partial charge in [0.1, 0.15) is 5.60 Å². The Labute approximate surface area is 125 Å². The second-order valence-corrected chi connectivity index (χ2v) is 6.47. The number of rotatable bonds is 1. The summed E-state index contributed by atoms with van der Waals surface area (Å²) in [6, 6.07) is 0.00553. The summed E-state index contributed by atoms with van der Waals surface area (Å²) < 4.78 is 10.7. The van der Waals surface area contributed by atoms with E-state index in [1.165, 1.54) is 0 Å². The first-order chi connectivity index (χ1) is 9.26. The lowest BCUT2D eigenvalue weighted by Crippen LogP contribution is -2.45. The highest BCUT2D eigenvalue weighted by molar-refractivity contribution is 7.84. The van der Waals surface area contributed by atoms with E-state index >= 15 is 0 Å². The molecular weight excluding hydrogens is 276 g/mol. The fourth-order valence-corrected chi connectivity index (χ4v) is 2.41. The summed E-state index contributed by atoms with van der Waals surface area (Å²) >= 11 is 4.18. The van der Waals surface area contributed by atoms with E-state index in [1.54, 1.807) is 4.90 Å². The van der Waals surface area contributed by atoms with Crippen LogP contribution in [0.5, 0.6) is 0 Å². The summed E-state index contributed by atoms with van der Waals surface area (Å²) in [7, 11) is 0. The number of carbonyl (C=O) groups excluding carboxylic acids is 1. The zero-order chi connectivity index (χ0) is 14.9. The SMILES string of the molecule is C[C@@H]1C=C(N2C=C(S)OC2)CCN1C(=O)OC(C)(C)C. The molecule has 0 aromatic rings. The lowest BCUT2D eigenvalue weighted by atomic mass is 10.1. The molecule has 0 saturated carbocycles. The molecule has 0 N–H and O–H groups in total. The number of amides is 1. The Hall–Kier alpha value is -1.30. The molecule has 0 fully saturated rings. The fourth-order valence-electron chi connectivity index (χ4n) is 2.22. The van der Waals surface area contributed by atoms with Crippen LogP contribution in [0.15, 0.2) is 23.1 Å². The Morgan fingerprint density at radius 3 is 2.70 bits per heavy atom. The molecule has 0 aromatic heterocycles. The topological polar surface area (TPSA) is 42.0 Å².